The Hall–Kier alpha value is -1.99. The summed E-state index contributed by atoms with van der Waals surface area (Å²) in [5, 5.41) is 30.2. The van der Waals surface area contributed by atoms with Gasteiger partial charge in [0.05, 0.1) is 5.09 Å². The Labute approximate surface area is 94.4 Å². The number of hydrogen-bond donors (Lipinski definition) is 0. The maximum absolute atomic E-state index is 9.74. The minimum atomic E-state index is -1.99. The van der Waals surface area contributed by atoms with Crippen LogP contribution in [0.5, 0.6) is 0 Å². The normalized spacial score (nSPS) is 6.93. The molecule has 0 radical (unpaired) electrons. The van der Waals surface area contributed by atoms with E-state index in [0.29, 0.717) is 0 Å². The van der Waals surface area contributed by atoms with Gasteiger partial charge in [-0.05, 0) is 0 Å². The van der Waals surface area contributed by atoms with Crippen LogP contribution in [0.2, 0.25) is 0 Å². The zero-order chi connectivity index (χ0) is 11.7. The average molecular weight is 322 g/mol. The molecule has 15 heavy (non-hydrogen) atoms. The van der Waals surface area contributed by atoms with Crippen molar-refractivity contribution in [3.05, 3.63) is 35.6 Å². The van der Waals surface area contributed by atoms with Crippen LogP contribution in [0.3, 0.4) is 0 Å². The third kappa shape index (κ3) is 33.3. The number of carbonyl (C=O) groups is 1. The molecule has 0 aromatic rings. The molecule has 0 amide bonds. The summed E-state index contributed by atoms with van der Waals surface area (Å²) in [5.74, 6) is 0. The van der Waals surface area contributed by atoms with Crippen LogP contribution in [0.25, 0.3) is 0 Å². The maximum atomic E-state index is 9.74. The number of nitrogens with zero attached hydrogens (tertiary/aromatic N) is 3. The Kier molecular flexibility index (Phi) is 12.6. The van der Waals surface area contributed by atoms with Gasteiger partial charge in [0.2, 0.25) is 0 Å². The fourth-order valence-electron chi connectivity index (χ4n) is 0.138. The summed E-state index contributed by atoms with van der Waals surface area (Å²) in [6, 6.07) is 0. The SMILES string of the molecule is O=C(O[N+](=O)[O-])O[N+](=O)[O-].O=[N+]([O-])[O-].[Ag+]. The van der Waals surface area contributed by atoms with Crippen molar-refractivity contribution in [2.75, 3.05) is 0 Å². The standard InChI is InChI=1S/CN2O7.Ag.NO3/c4-1(9-2(5)6)10-3(7)8;;2-1(3)4/q;+1;-1. The summed E-state index contributed by atoms with van der Waals surface area (Å²) in [7, 11) is 0. The van der Waals surface area contributed by atoms with Crippen molar-refractivity contribution in [1.29, 1.82) is 0 Å². The van der Waals surface area contributed by atoms with Crippen molar-refractivity contribution in [3.63, 3.8) is 0 Å². The molecule has 14 heteroatoms. The number of rotatable bonds is 2. The summed E-state index contributed by atoms with van der Waals surface area (Å²) >= 11 is 0. The molecule has 0 unspecified atom stereocenters. The van der Waals surface area contributed by atoms with Gasteiger partial charge in [0.15, 0.2) is 0 Å². The Morgan fingerprint density at radius 1 is 0.867 bits per heavy atom. The van der Waals surface area contributed by atoms with Crippen molar-refractivity contribution >= 4 is 6.16 Å². The predicted molar refractivity (Wildman–Crippen MR) is 31.9 cm³/mol. The largest absolute Gasteiger partial charge is 1.00 e. The van der Waals surface area contributed by atoms with Crippen molar-refractivity contribution in [1.82, 2.24) is 0 Å². The first-order valence-corrected chi connectivity index (χ1v) is 2.26. The molecular formula is CAgN3O10. The van der Waals surface area contributed by atoms with E-state index in [1.54, 1.807) is 0 Å². The monoisotopic (exact) mass is 321 g/mol. The van der Waals surface area contributed by atoms with Crippen molar-refractivity contribution < 1.29 is 52.1 Å². The summed E-state index contributed by atoms with van der Waals surface area (Å²) in [5.41, 5.74) is 0. The predicted octanol–water partition coefficient (Wildman–Crippen LogP) is -0.719. The van der Waals surface area contributed by atoms with Crippen molar-refractivity contribution in [2.24, 2.45) is 0 Å². The van der Waals surface area contributed by atoms with Gasteiger partial charge in [0.25, 0.3) is 0 Å². The fourth-order valence-corrected chi connectivity index (χ4v) is 0.138. The molecule has 0 aliphatic heterocycles. The van der Waals surface area contributed by atoms with Gasteiger partial charge in [0, 0.05) is 0 Å². The van der Waals surface area contributed by atoms with E-state index in [1.807, 2.05) is 0 Å². The molecule has 0 atom stereocenters. The van der Waals surface area contributed by atoms with Gasteiger partial charge >= 0.3 is 38.7 Å². The average Bonchev–Trinajstić information content (AvgIpc) is 1.79. The van der Waals surface area contributed by atoms with E-state index in [2.05, 4.69) is 9.68 Å². The van der Waals surface area contributed by atoms with E-state index >= 15 is 0 Å². The van der Waals surface area contributed by atoms with Crippen LogP contribution in [0.4, 0.5) is 4.79 Å². The second-order valence-corrected chi connectivity index (χ2v) is 1.10. The fraction of sp³-hybridized carbons (Fsp3) is 0. The Morgan fingerprint density at radius 3 is 1.20 bits per heavy atom. The quantitative estimate of drug-likeness (QED) is 0.356. The molecule has 13 nitrogen and oxygen atoms in total. The molecule has 0 fully saturated rings. The van der Waals surface area contributed by atoms with Gasteiger partial charge in [-0.25, -0.2) is 14.5 Å². The van der Waals surface area contributed by atoms with Gasteiger partial charge in [-0.2, -0.15) is 0 Å². The van der Waals surface area contributed by atoms with E-state index in [1.165, 1.54) is 0 Å². The zero-order valence-corrected chi connectivity index (χ0v) is 7.71. The third-order valence-corrected chi connectivity index (χ3v) is 0.298. The Morgan fingerprint density at radius 2 is 1.07 bits per heavy atom. The van der Waals surface area contributed by atoms with Gasteiger partial charge in [-0.15, -0.1) is 20.2 Å². The summed E-state index contributed by atoms with van der Waals surface area (Å²) in [6.07, 6.45) is -1.99. The molecule has 0 saturated heterocycles. The second kappa shape index (κ2) is 10.1. The Balaban J connectivity index is -0.000000249. The van der Waals surface area contributed by atoms with Gasteiger partial charge in [-0.3, -0.25) is 0 Å². The van der Waals surface area contributed by atoms with E-state index < -0.39 is 21.4 Å². The smallest absolute Gasteiger partial charge is 0.356 e. The molecule has 90 valence electrons. The molecule has 0 heterocycles. The third-order valence-electron chi connectivity index (χ3n) is 0.298. The summed E-state index contributed by atoms with van der Waals surface area (Å²) in [6.45, 7) is 0. The van der Waals surface area contributed by atoms with Crippen LogP contribution in [0.15, 0.2) is 0 Å². The zero-order valence-electron chi connectivity index (χ0n) is 6.23. The number of carbonyl (C=O) groups excluding carboxylic acids is 1. The van der Waals surface area contributed by atoms with Gasteiger partial charge in [-0.1, -0.05) is 0 Å². The Bertz CT molecular complexity index is 227. The van der Waals surface area contributed by atoms with E-state index in [0.717, 1.165) is 0 Å². The minimum Gasteiger partial charge on any atom is -0.356 e. The van der Waals surface area contributed by atoms with Crippen LogP contribution in [0, 0.1) is 35.6 Å². The first kappa shape index (κ1) is 18.7. The molecule has 0 aromatic heterocycles. The molecule has 0 rings (SSSR count). The van der Waals surface area contributed by atoms with Crippen LogP contribution >= 0.6 is 0 Å². The van der Waals surface area contributed by atoms with Crippen LogP contribution in [-0.2, 0) is 32.1 Å². The first-order chi connectivity index (χ1) is 6.25. The topological polar surface area (TPSA) is 188 Å². The molecular weight excluding hydrogens is 322 g/mol. The van der Waals surface area contributed by atoms with Crippen molar-refractivity contribution in [2.45, 2.75) is 0 Å². The van der Waals surface area contributed by atoms with Crippen LogP contribution < -0.4 is 0 Å². The molecule has 0 saturated carbocycles. The second-order valence-electron chi connectivity index (χ2n) is 1.10. The molecule has 0 aliphatic rings. The maximum Gasteiger partial charge on any atom is 1.00 e. The van der Waals surface area contributed by atoms with E-state index in [9.17, 15) is 25.0 Å². The number of hydrogen-bond acceptors (Lipinski definition) is 10. The van der Waals surface area contributed by atoms with E-state index in [4.69, 9.17) is 15.3 Å². The molecule has 0 aliphatic carbocycles. The summed E-state index contributed by atoms with van der Waals surface area (Å²) in [4.78, 5) is 42.4. The minimum absolute atomic E-state index is 0. The van der Waals surface area contributed by atoms with Crippen molar-refractivity contribution in [3.8, 4) is 0 Å². The molecule has 0 aromatic carbocycles. The molecule has 0 spiro atoms. The van der Waals surface area contributed by atoms with Gasteiger partial charge < -0.3 is 15.3 Å². The molecule has 0 N–H and O–H groups in total. The van der Waals surface area contributed by atoms with E-state index in [-0.39, 0.29) is 22.4 Å². The van der Waals surface area contributed by atoms with Crippen LogP contribution in [0.1, 0.15) is 0 Å². The molecule has 0 bridgehead atoms. The first-order valence-electron chi connectivity index (χ1n) is 2.26. The van der Waals surface area contributed by atoms with Crippen LogP contribution in [-0.4, -0.2) is 21.4 Å². The summed E-state index contributed by atoms with van der Waals surface area (Å²) < 4.78 is 0. The van der Waals surface area contributed by atoms with Gasteiger partial charge in [0.1, 0.15) is 0 Å².